The van der Waals surface area contributed by atoms with Crippen LogP contribution in [0.5, 0.6) is 0 Å². The highest BCUT2D eigenvalue weighted by Gasteiger charge is 2.37. The van der Waals surface area contributed by atoms with Crippen LogP contribution >= 0.6 is 0 Å². The van der Waals surface area contributed by atoms with Gasteiger partial charge in [0.05, 0.1) is 38.6 Å². The summed E-state index contributed by atoms with van der Waals surface area (Å²) in [5, 5.41) is 7.60. The molecule has 0 bridgehead atoms. The molecule has 0 unspecified atom stereocenters. The van der Waals surface area contributed by atoms with Crippen LogP contribution in [0.3, 0.4) is 0 Å². The number of aromatic amines is 1. The monoisotopic (exact) mass is 323 g/mol. The largest absolute Gasteiger partial charge is 0.469 e. The molecule has 0 aliphatic carbocycles. The van der Waals surface area contributed by atoms with Gasteiger partial charge >= 0.3 is 12.1 Å². The van der Waals surface area contributed by atoms with Gasteiger partial charge in [-0.1, -0.05) is 0 Å². The van der Waals surface area contributed by atoms with E-state index in [9.17, 15) is 22.8 Å². The van der Waals surface area contributed by atoms with Gasteiger partial charge < -0.3 is 14.8 Å². The quantitative estimate of drug-likeness (QED) is 0.578. The molecule has 22 heavy (non-hydrogen) atoms. The average molecular weight is 323 g/mol. The first kappa shape index (κ1) is 18.0. The predicted molar refractivity (Wildman–Crippen MR) is 70.4 cm³/mol. The topological polar surface area (TPSA) is 93.3 Å². The minimum atomic E-state index is -4.80. The fourth-order valence-corrected chi connectivity index (χ4v) is 1.61. The number of anilines is 1. The first-order valence-electron chi connectivity index (χ1n) is 6.31. The number of hydrogen-bond donors (Lipinski definition) is 2. The molecule has 0 aliphatic heterocycles. The Hall–Kier alpha value is -2.10. The van der Waals surface area contributed by atoms with Crippen molar-refractivity contribution in [3.05, 3.63) is 22.1 Å². The second kappa shape index (κ2) is 7.78. The van der Waals surface area contributed by atoms with Crippen molar-refractivity contribution in [2.75, 3.05) is 25.6 Å². The molecule has 0 aliphatic rings. The van der Waals surface area contributed by atoms with E-state index in [1.165, 1.54) is 7.11 Å². The number of aromatic nitrogens is 2. The van der Waals surface area contributed by atoms with Crippen molar-refractivity contribution in [1.29, 1.82) is 0 Å². The summed E-state index contributed by atoms with van der Waals surface area (Å²) in [7, 11) is 1.24. The van der Waals surface area contributed by atoms with E-state index < -0.39 is 35.0 Å². The molecule has 0 saturated heterocycles. The number of methoxy groups -OCH3 is 1. The van der Waals surface area contributed by atoms with Gasteiger partial charge in [0.25, 0.3) is 5.56 Å². The molecular weight excluding hydrogens is 307 g/mol. The number of carbonyl (C=O) groups excluding carboxylic acids is 1. The normalized spacial score (nSPS) is 12.8. The Bertz CT molecular complexity index is 559. The summed E-state index contributed by atoms with van der Waals surface area (Å²) in [4.78, 5) is 22.1. The SMILES string of the molecule is COC(=O)CCOC[C@H](C)Nc1cn[nH]c(=O)c1C(F)(F)F. The predicted octanol–water partition coefficient (Wildman–Crippen LogP) is 1.17. The van der Waals surface area contributed by atoms with E-state index in [-0.39, 0.29) is 19.6 Å². The van der Waals surface area contributed by atoms with Crippen molar-refractivity contribution < 1.29 is 27.4 Å². The molecule has 1 atom stereocenters. The van der Waals surface area contributed by atoms with Crippen molar-refractivity contribution in [2.24, 2.45) is 0 Å². The molecule has 0 saturated carbocycles. The number of carbonyl (C=O) groups is 1. The zero-order chi connectivity index (χ0) is 16.8. The van der Waals surface area contributed by atoms with Gasteiger partial charge in [-0.15, -0.1) is 0 Å². The van der Waals surface area contributed by atoms with Gasteiger partial charge in [-0.2, -0.15) is 18.3 Å². The first-order chi connectivity index (χ1) is 10.3. The van der Waals surface area contributed by atoms with E-state index in [0.29, 0.717) is 0 Å². The molecule has 2 N–H and O–H groups in total. The third kappa shape index (κ3) is 5.35. The Morgan fingerprint density at radius 3 is 2.77 bits per heavy atom. The van der Waals surface area contributed by atoms with Gasteiger partial charge in [0.2, 0.25) is 0 Å². The number of H-pyrrole nitrogens is 1. The van der Waals surface area contributed by atoms with Crippen LogP contribution in [-0.4, -0.2) is 42.5 Å². The molecule has 124 valence electrons. The summed E-state index contributed by atoms with van der Waals surface area (Å²) in [5.74, 6) is -0.446. The zero-order valence-electron chi connectivity index (χ0n) is 12.0. The highest BCUT2D eigenvalue weighted by atomic mass is 19.4. The van der Waals surface area contributed by atoms with Crippen molar-refractivity contribution >= 4 is 11.7 Å². The van der Waals surface area contributed by atoms with Crippen molar-refractivity contribution in [1.82, 2.24) is 10.2 Å². The summed E-state index contributed by atoms with van der Waals surface area (Å²) in [6.45, 7) is 1.69. The Kier molecular flexibility index (Phi) is 6.35. The van der Waals surface area contributed by atoms with Crippen LogP contribution in [0.25, 0.3) is 0 Å². The minimum Gasteiger partial charge on any atom is -0.469 e. The zero-order valence-corrected chi connectivity index (χ0v) is 12.0. The molecule has 1 aromatic heterocycles. The summed E-state index contributed by atoms with van der Waals surface area (Å²) >= 11 is 0. The number of halogens is 3. The lowest BCUT2D eigenvalue weighted by molar-refractivity contribution is -0.142. The van der Waals surface area contributed by atoms with E-state index >= 15 is 0 Å². The fourth-order valence-electron chi connectivity index (χ4n) is 1.61. The molecular formula is C12H16F3N3O4. The van der Waals surface area contributed by atoms with Crippen molar-refractivity contribution in [3.63, 3.8) is 0 Å². The van der Waals surface area contributed by atoms with E-state index in [0.717, 1.165) is 6.20 Å². The molecule has 7 nitrogen and oxygen atoms in total. The lowest BCUT2D eigenvalue weighted by atomic mass is 10.2. The van der Waals surface area contributed by atoms with E-state index in [2.05, 4.69) is 15.2 Å². The Morgan fingerprint density at radius 1 is 1.50 bits per heavy atom. The number of esters is 1. The highest BCUT2D eigenvalue weighted by Crippen LogP contribution is 2.31. The van der Waals surface area contributed by atoms with Gasteiger partial charge in [-0.3, -0.25) is 9.59 Å². The number of nitrogens with zero attached hydrogens (tertiary/aromatic N) is 1. The molecule has 0 spiro atoms. The van der Waals surface area contributed by atoms with Crippen LogP contribution in [0.4, 0.5) is 18.9 Å². The van der Waals surface area contributed by atoms with Crippen molar-refractivity contribution in [2.45, 2.75) is 25.6 Å². The number of ether oxygens (including phenoxy) is 2. The molecule has 0 aromatic carbocycles. The van der Waals surface area contributed by atoms with E-state index in [1.807, 2.05) is 0 Å². The number of rotatable bonds is 7. The Morgan fingerprint density at radius 2 is 2.18 bits per heavy atom. The maximum absolute atomic E-state index is 12.8. The van der Waals surface area contributed by atoms with Crippen LogP contribution in [0, 0.1) is 0 Å². The molecule has 1 aromatic rings. The van der Waals surface area contributed by atoms with Crippen LogP contribution in [0.2, 0.25) is 0 Å². The summed E-state index contributed by atoms with van der Waals surface area (Å²) in [6.07, 6.45) is -3.87. The molecule has 0 radical (unpaired) electrons. The summed E-state index contributed by atoms with van der Waals surface area (Å²) in [6, 6.07) is -0.526. The number of nitrogens with one attached hydrogen (secondary N) is 2. The van der Waals surface area contributed by atoms with Crippen LogP contribution < -0.4 is 10.9 Å². The maximum atomic E-state index is 12.8. The smallest absolute Gasteiger partial charge is 0.423 e. The standard InChI is InChI=1S/C12H16F3N3O4/c1-7(6-22-4-3-9(19)21-2)17-8-5-16-18-11(20)10(8)12(13,14)15/h5,7H,3-4,6H2,1-2H3,(H2,17,18,20)/t7-/m0/s1. The summed E-state index contributed by atoms with van der Waals surface area (Å²) in [5.41, 5.74) is -3.10. The number of hydrogen-bond acceptors (Lipinski definition) is 6. The van der Waals surface area contributed by atoms with E-state index in [4.69, 9.17) is 4.74 Å². The van der Waals surface area contributed by atoms with Gasteiger partial charge in [0.1, 0.15) is 5.56 Å². The second-order valence-corrected chi connectivity index (χ2v) is 4.43. The van der Waals surface area contributed by atoms with Crippen LogP contribution in [0.1, 0.15) is 18.9 Å². The molecule has 1 heterocycles. The van der Waals surface area contributed by atoms with Crippen LogP contribution in [0.15, 0.2) is 11.0 Å². The average Bonchev–Trinajstić information content (AvgIpc) is 2.41. The first-order valence-corrected chi connectivity index (χ1v) is 6.31. The maximum Gasteiger partial charge on any atom is 0.423 e. The third-order valence-corrected chi connectivity index (χ3v) is 2.59. The Labute approximate surface area is 123 Å². The van der Waals surface area contributed by atoms with Crippen molar-refractivity contribution in [3.8, 4) is 0 Å². The second-order valence-electron chi connectivity index (χ2n) is 4.43. The lowest BCUT2D eigenvalue weighted by Crippen LogP contribution is -2.29. The van der Waals surface area contributed by atoms with Gasteiger partial charge in [-0.25, -0.2) is 5.10 Å². The van der Waals surface area contributed by atoms with Gasteiger partial charge in [-0.05, 0) is 6.92 Å². The molecule has 0 fully saturated rings. The fraction of sp³-hybridized carbons (Fsp3) is 0.583. The Balaban J connectivity index is 2.62. The summed E-state index contributed by atoms with van der Waals surface area (Å²) < 4.78 is 48.0. The minimum absolute atomic E-state index is 0.0427. The third-order valence-electron chi connectivity index (χ3n) is 2.59. The highest BCUT2D eigenvalue weighted by molar-refractivity contribution is 5.69. The molecule has 10 heteroatoms. The van der Waals surface area contributed by atoms with Crippen LogP contribution in [-0.2, 0) is 20.4 Å². The van der Waals surface area contributed by atoms with Gasteiger partial charge in [0.15, 0.2) is 0 Å². The van der Waals surface area contributed by atoms with Gasteiger partial charge in [0, 0.05) is 6.04 Å². The number of alkyl halides is 3. The lowest BCUT2D eigenvalue weighted by Gasteiger charge is -2.18. The van der Waals surface area contributed by atoms with E-state index in [1.54, 1.807) is 12.0 Å². The molecule has 0 amide bonds. The molecule has 1 rings (SSSR count).